The van der Waals surface area contributed by atoms with Gasteiger partial charge in [-0.1, -0.05) is 17.7 Å². The summed E-state index contributed by atoms with van der Waals surface area (Å²) in [5, 5.41) is 6.55. The molecule has 0 aliphatic heterocycles. The first-order valence-electron chi connectivity index (χ1n) is 8.98. The number of guanidine groups is 1. The van der Waals surface area contributed by atoms with Crippen LogP contribution in [0.4, 0.5) is 0 Å². The molecule has 0 aliphatic rings. The van der Waals surface area contributed by atoms with Gasteiger partial charge in [-0.25, -0.2) is 4.99 Å². The van der Waals surface area contributed by atoms with Crippen molar-refractivity contribution in [3.8, 4) is 5.75 Å². The Labute approximate surface area is 175 Å². The van der Waals surface area contributed by atoms with Crippen molar-refractivity contribution in [3.05, 3.63) is 29.8 Å². The van der Waals surface area contributed by atoms with Crippen LogP contribution in [0.3, 0.4) is 0 Å². The summed E-state index contributed by atoms with van der Waals surface area (Å²) >= 11 is 0. The Morgan fingerprint density at radius 3 is 2.50 bits per heavy atom. The van der Waals surface area contributed by atoms with Crippen LogP contribution in [0.25, 0.3) is 0 Å². The standard InChI is InChI=1S/C19H33N3O3.HI/c1-5-20-19(21-11-6-12-24-14-13-23-4)22-15-17(3)25-18-9-7-16(2)8-10-18;/h7-10,17H,5-6,11-15H2,1-4H3,(H2,20,21,22);1H. The molecular formula is C19H34IN3O3. The Morgan fingerprint density at radius 2 is 1.85 bits per heavy atom. The molecule has 0 aliphatic carbocycles. The molecule has 0 saturated heterocycles. The third kappa shape index (κ3) is 12.3. The number of aryl methyl sites for hydroxylation is 1. The fourth-order valence-corrected chi connectivity index (χ4v) is 2.07. The van der Waals surface area contributed by atoms with Gasteiger partial charge < -0.3 is 24.8 Å². The number of rotatable bonds is 12. The SMILES string of the molecule is CCNC(=NCC(C)Oc1ccc(C)cc1)NCCCOCCOC.I. The van der Waals surface area contributed by atoms with Crippen LogP contribution in [0.5, 0.6) is 5.75 Å². The molecule has 150 valence electrons. The van der Waals surface area contributed by atoms with Gasteiger partial charge in [0, 0.05) is 26.8 Å². The van der Waals surface area contributed by atoms with Gasteiger partial charge in [-0.3, -0.25) is 0 Å². The van der Waals surface area contributed by atoms with Crippen molar-refractivity contribution in [2.24, 2.45) is 4.99 Å². The Morgan fingerprint density at radius 1 is 1.12 bits per heavy atom. The highest BCUT2D eigenvalue weighted by Gasteiger charge is 2.04. The van der Waals surface area contributed by atoms with Crippen molar-refractivity contribution >= 4 is 29.9 Å². The third-order valence-electron chi connectivity index (χ3n) is 3.40. The van der Waals surface area contributed by atoms with Gasteiger partial charge in [0.2, 0.25) is 0 Å². The van der Waals surface area contributed by atoms with Gasteiger partial charge in [-0.2, -0.15) is 0 Å². The van der Waals surface area contributed by atoms with Crippen LogP contribution < -0.4 is 15.4 Å². The van der Waals surface area contributed by atoms with Crippen LogP contribution >= 0.6 is 24.0 Å². The molecule has 0 fully saturated rings. The van der Waals surface area contributed by atoms with E-state index in [0.717, 1.165) is 31.2 Å². The molecule has 0 saturated carbocycles. The fraction of sp³-hybridized carbons (Fsp3) is 0.632. The summed E-state index contributed by atoms with van der Waals surface area (Å²) in [6, 6.07) is 8.07. The molecule has 0 bridgehead atoms. The normalized spacial score (nSPS) is 12.2. The lowest BCUT2D eigenvalue weighted by molar-refractivity contribution is 0.0698. The van der Waals surface area contributed by atoms with E-state index in [0.29, 0.717) is 26.4 Å². The van der Waals surface area contributed by atoms with E-state index in [1.807, 2.05) is 31.2 Å². The molecule has 0 heterocycles. The quantitative estimate of drug-likeness (QED) is 0.209. The Kier molecular flexibility index (Phi) is 15.5. The van der Waals surface area contributed by atoms with Crippen LogP contribution in [0.2, 0.25) is 0 Å². The predicted octanol–water partition coefficient (Wildman–Crippen LogP) is 2.99. The maximum Gasteiger partial charge on any atom is 0.191 e. The number of benzene rings is 1. The largest absolute Gasteiger partial charge is 0.489 e. The second-order valence-corrected chi connectivity index (χ2v) is 5.85. The van der Waals surface area contributed by atoms with Crippen molar-refractivity contribution in [3.63, 3.8) is 0 Å². The maximum absolute atomic E-state index is 5.88. The summed E-state index contributed by atoms with van der Waals surface area (Å²) < 4.78 is 16.3. The van der Waals surface area contributed by atoms with Crippen molar-refractivity contribution in [1.82, 2.24) is 10.6 Å². The number of hydrogen-bond acceptors (Lipinski definition) is 4. The van der Waals surface area contributed by atoms with Crippen LogP contribution in [0.1, 0.15) is 25.8 Å². The molecule has 0 aromatic heterocycles. The van der Waals surface area contributed by atoms with Gasteiger partial charge in [-0.05, 0) is 39.3 Å². The van der Waals surface area contributed by atoms with Gasteiger partial charge in [0.15, 0.2) is 5.96 Å². The number of hydrogen-bond donors (Lipinski definition) is 2. The van der Waals surface area contributed by atoms with Crippen molar-refractivity contribution in [1.29, 1.82) is 0 Å². The highest BCUT2D eigenvalue weighted by Crippen LogP contribution is 2.13. The van der Waals surface area contributed by atoms with E-state index in [9.17, 15) is 0 Å². The van der Waals surface area contributed by atoms with Gasteiger partial charge >= 0.3 is 0 Å². The topological polar surface area (TPSA) is 64.1 Å². The summed E-state index contributed by atoms with van der Waals surface area (Å²) in [6.45, 7) is 10.4. The van der Waals surface area contributed by atoms with E-state index in [-0.39, 0.29) is 30.1 Å². The third-order valence-corrected chi connectivity index (χ3v) is 3.40. The number of halogens is 1. The van der Waals surface area contributed by atoms with Crippen molar-refractivity contribution in [2.75, 3.05) is 46.6 Å². The molecule has 1 atom stereocenters. The number of aliphatic imine (C=N–C) groups is 1. The molecular weight excluding hydrogens is 445 g/mol. The monoisotopic (exact) mass is 479 g/mol. The molecule has 1 aromatic rings. The first kappa shape index (κ1) is 24.9. The molecule has 26 heavy (non-hydrogen) atoms. The minimum absolute atomic E-state index is 0. The molecule has 0 radical (unpaired) electrons. The van der Waals surface area contributed by atoms with Gasteiger partial charge in [0.25, 0.3) is 0 Å². The van der Waals surface area contributed by atoms with Crippen LogP contribution in [0.15, 0.2) is 29.3 Å². The molecule has 1 rings (SSSR count). The van der Waals surface area contributed by atoms with Crippen LogP contribution in [0, 0.1) is 6.92 Å². The van der Waals surface area contributed by atoms with Crippen molar-refractivity contribution < 1.29 is 14.2 Å². The zero-order valence-corrected chi connectivity index (χ0v) is 18.7. The number of methoxy groups -OCH3 is 1. The second kappa shape index (κ2) is 16.1. The first-order valence-corrected chi connectivity index (χ1v) is 8.98. The molecule has 1 unspecified atom stereocenters. The average Bonchev–Trinajstić information content (AvgIpc) is 2.60. The van der Waals surface area contributed by atoms with Gasteiger partial charge in [0.05, 0.1) is 19.8 Å². The second-order valence-electron chi connectivity index (χ2n) is 5.85. The lowest BCUT2D eigenvalue weighted by atomic mass is 10.2. The number of nitrogens with one attached hydrogen (secondary N) is 2. The summed E-state index contributed by atoms with van der Waals surface area (Å²) in [6.07, 6.45) is 0.930. The smallest absolute Gasteiger partial charge is 0.191 e. The van der Waals surface area contributed by atoms with Gasteiger partial charge in [0.1, 0.15) is 11.9 Å². The zero-order valence-electron chi connectivity index (χ0n) is 16.4. The Bertz CT molecular complexity index is 483. The molecule has 1 aromatic carbocycles. The maximum atomic E-state index is 5.88. The van der Waals surface area contributed by atoms with Crippen LogP contribution in [-0.4, -0.2) is 58.6 Å². The summed E-state index contributed by atoms with van der Waals surface area (Å²) in [4.78, 5) is 4.58. The summed E-state index contributed by atoms with van der Waals surface area (Å²) in [5.41, 5.74) is 1.22. The molecule has 6 nitrogen and oxygen atoms in total. The van der Waals surface area contributed by atoms with E-state index in [4.69, 9.17) is 14.2 Å². The van der Waals surface area contributed by atoms with E-state index in [1.165, 1.54) is 5.56 Å². The first-order chi connectivity index (χ1) is 12.2. The molecule has 0 amide bonds. The van der Waals surface area contributed by atoms with Crippen LogP contribution in [-0.2, 0) is 9.47 Å². The van der Waals surface area contributed by atoms with E-state index >= 15 is 0 Å². The summed E-state index contributed by atoms with van der Waals surface area (Å²) in [7, 11) is 1.67. The summed E-state index contributed by atoms with van der Waals surface area (Å²) in [5.74, 6) is 1.68. The number of nitrogens with zero attached hydrogens (tertiary/aromatic N) is 1. The molecule has 0 spiro atoms. The minimum atomic E-state index is 0. The highest BCUT2D eigenvalue weighted by atomic mass is 127. The lowest BCUT2D eigenvalue weighted by Gasteiger charge is -2.15. The highest BCUT2D eigenvalue weighted by molar-refractivity contribution is 14.0. The van der Waals surface area contributed by atoms with Gasteiger partial charge in [-0.15, -0.1) is 24.0 Å². The number of ether oxygens (including phenoxy) is 3. The lowest BCUT2D eigenvalue weighted by Crippen LogP contribution is -2.38. The average molecular weight is 479 g/mol. The minimum Gasteiger partial charge on any atom is -0.489 e. The molecule has 7 heteroatoms. The Hall–Kier alpha value is -1.06. The predicted molar refractivity (Wildman–Crippen MR) is 118 cm³/mol. The van der Waals surface area contributed by atoms with E-state index < -0.39 is 0 Å². The van der Waals surface area contributed by atoms with E-state index in [1.54, 1.807) is 7.11 Å². The zero-order chi connectivity index (χ0) is 18.3. The van der Waals surface area contributed by atoms with Crippen molar-refractivity contribution in [2.45, 2.75) is 33.3 Å². The Balaban J connectivity index is 0.00000625. The molecule has 2 N–H and O–H groups in total. The fourth-order valence-electron chi connectivity index (χ4n) is 2.07. The van der Waals surface area contributed by atoms with E-state index in [2.05, 4.69) is 29.5 Å².